The largest absolute Gasteiger partial charge is 0.274 e. The Labute approximate surface area is 113 Å². The molecule has 4 aromatic rings. The molecule has 0 aliphatic carbocycles. The van der Waals surface area contributed by atoms with E-state index in [0.29, 0.717) is 17.2 Å². The first kappa shape index (κ1) is 11.0. The van der Waals surface area contributed by atoms with Gasteiger partial charge in [0.2, 0.25) is 0 Å². The van der Waals surface area contributed by atoms with E-state index in [9.17, 15) is 0 Å². The summed E-state index contributed by atoms with van der Waals surface area (Å²) in [5, 5.41) is 16.8. The average Bonchev–Trinajstić information content (AvgIpc) is 3.04. The smallest absolute Gasteiger partial charge is 0.205 e. The Morgan fingerprint density at radius 2 is 2.00 bits per heavy atom. The highest BCUT2D eigenvalue weighted by Crippen LogP contribution is 2.19. The molecule has 0 aliphatic heterocycles. The van der Waals surface area contributed by atoms with Crippen molar-refractivity contribution in [3.63, 3.8) is 0 Å². The van der Waals surface area contributed by atoms with Gasteiger partial charge in [0.25, 0.3) is 5.78 Å². The molecule has 3 aromatic heterocycles. The second-order valence-corrected chi connectivity index (χ2v) is 4.70. The van der Waals surface area contributed by atoms with Crippen molar-refractivity contribution in [1.82, 2.24) is 34.4 Å². The normalized spacial score (nSPS) is 11.5. The van der Waals surface area contributed by atoms with E-state index >= 15 is 0 Å². The summed E-state index contributed by atoms with van der Waals surface area (Å²) in [6.45, 7) is 3.94. The number of aromatic nitrogens is 7. The lowest BCUT2D eigenvalue weighted by Gasteiger charge is -1.96. The third-order valence-corrected chi connectivity index (χ3v) is 3.17. The minimum atomic E-state index is 0.553. The summed E-state index contributed by atoms with van der Waals surface area (Å²) in [4.78, 5) is 4.56. The summed E-state index contributed by atoms with van der Waals surface area (Å²) in [5.41, 5.74) is 3.63. The van der Waals surface area contributed by atoms with Crippen LogP contribution < -0.4 is 0 Å². The van der Waals surface area contributed by atoms with Crippen LogP contribution in [0.2, 0.25) is 0 Å². The van der Waals surface area contributed by atoms with Gasteiger partial charge in [0.15, 0.2) is 11.5 Å². The van der Waals surface area contributed by atoms with Crippen molar-refractivity contribution < 1.29 is 0 Å². The van der Waals surface area contributed by atoms with Gasteiger partial charge in [0.05, 0.1) is 0 Å². The minimum absolute atomic E-state index is 0.553. The van der Waals surface area contributed by atoms with Crippen molar-refractivity contribution in [2.75, 3.05) is 0 Å². The van der Waals surface area contributed by atoms with E-state index in [1.165, 1.54) is 5.56 Å². The molecule has 0 N–H and O–H groups in total. The molecule has 0 amide bonds. The van der Waals surface area contributed by atoms with Crippen molar-refractivity contribution in [3.05, 3.63) is 41.9 Å². The standard InChI is InChI=1S/C13H11N7/c1-8-4-3-5-10(6-8)11-15-12-9(2)17-19-7-14-16-13(19)20(12)18-11/h3-7H,1-2H3. The summed E-state index contributed by atoms with van der Waals surface area (Å²) >= 11 is 0. The molecule has 0 bridgehead atoms. The first-order valence-corrected chi connectivity index (χ1v) is 6.23. The molecular weight excluding hydrogens is 254 g/mol. The Hall–Kier alpha value is -2.83. The topological polar surface area (TPSA) is 73.3 Å². The van der Waals surface area contributed by atoms with Crippen LogP contribution in [0, 0.1) is 13.8 Å². The molecular formula is C13H11N7. The molecule has 0 saturated heterocycles. The molecule has 98 valence electrons. The number of fused-ring (bicyclic) bond motifs is 3. The number of nitrogens with zero attached hydrogens (tertiary/aromatic N) is 7. The zero-order valence-corrected chi connectivity index (χ0v) is 11.0. The Morgan fingerprint density at radius 1 is 1.10 bits per heavy atom. The molecule has 0 saturated carbocycles. The van der Waals surface area contributed by atoms with E-state index in [4.69, 9.17) is 0 Å². The van der Waals surface area contributed by atoms with Crippen molar-refractivity contribution in [2.24, 2.45) is 0 Å². The summed E-state index contributed by atoms with van der Waals surface area (Å²) in [7, 11) is 0. The maximum Gasteiger partial charge on any atom is 0.274 e. The van der Waals surface area contributed by atoms with Gasteiger partial charge in [-0.05, 0) is 19.9 Å². The van der Waals surface area contributed by atoms with Crippen LogP contribution in [0.25, 0.3) is 22.8 Å². The van der Waals surface area contributed by atoms with Crippen LogP contribution in [-0.4, -0.2) is 34.4 Å². The Bertz CT molecular complexity index is 934. The molecule has 3 heterocycles. The molecule has 7 heteroatoms. The molecule has 0 aliphatic rings. The van der Waals surface area contributed by atoms with Crippen LogP contribution >= 0.6 is 0 Å². The van der Waals surface area contributed by atoms with E-state index in [0.717, 1.165) is 11.3 Å². The SMILES string of the molecule is Cc1cccc(-c2nc3c(C)nn4cnnc4n3n2)c1. The lowest BCUT2D eigenvalue weighted by atomic mass is 10.1. The zero-order valence-electron chi connectivity index (χ0n) is 11.0. The van der Waals surface area contributed by atoms with Gasteiger partial charge in [-0.2, -0.15) is 14.1 Å². The maximum absolute atomic E-state index is 4.56. The minimum Gasteiger partial charge on any atom is -0.205 e. The monoisotopic (exact) mass is 265 g/mol. The van der Waals surface area contributed by atoms with Crippen molar-refractivity contribution in [3.8, 4) is 11.4 Å². The zero-order chi connectivity index (χ0) is 13.7. The molecule has 20 heavy (non-hydrogen) atoms. The van der Waals surface area contributed by atoms with E-state index < -0.39 is 0 Å². The molecule has 4 rings (SSSR count). The fraction of sp³-hybridized carbons (Fsp3) is 0.154. The van der Waals surface area contributed by atoms with Gasteiger partial charge in [0.1, 0.15) is 12.0 Å². The van der Waals surface area contributed by atoms with Gasteiger partial charge >= 0.3 is 0 Å². The number of hydrogen-bond acceptors (Lipinski definition) is 5. The molecule has 1 aromatic carbocycles. The van der Waals surface area contributed by atoms with Crippen molar-refractivity contribution in [1.29, 1.82) is 0 Å². The van der Waals surface area contributed by atoms with Gasteiger partial charge < -0.3 is 0 Å². The Morgan fingerprint density at radius 3 is 2.85 bits per heavy atom. The van der Waals surface area contributed by atoms with Crippen LogP contribution in [-0.2, 0) is 0 Å². The van der Waals surface area contributed by atoms with Crippen LogP contribution in [0.1, 0.15) is 11.3 Å². The average molecular weight is 265 g/mol. The molecule has 0 unspecified atom stereocenters. The fourth-order valence-corrected chi connectivity index (χ4v) is 2.23. The highest BCUT2D eigenvalue weighted by molar-refractivity contribution is 5.61. The fourth-order valence-electron chi connectivity index (χ4n) is 2.23. The first-order valence-electron chi connectivity index (χ1n) is 6.23. The summed E-state index contributed by atoms with van der Waals surface area (Å²) in [6.07, 6.45) is 1.55. The number of benzene rings is 1. The van der Waals surface area contributed by atoms with Crippen LogP contribution in [0.4, 0.5) is 0 Å². The van der Waals surface area contributed by atoms with Gasteiger partial charge in [-0.15, -0.1) is 15.3 Å². The van der Waals surface area contributed by atoms with Gasteiger partial charge in [-0.3, -0.25) is 0 Å². The number of hydrogen-bond donors (Lipinski definition) is 0. The Balaban J connectivity index is 2.05. The van der Waals surface area contributed by atoms with Crippen molar-refractivity contribution >= 4 is 11.4 Å². The highest BCUT2D eigenvalue weighted by Gasteiger charge is 2.13. The lowest BCUT2D eigenvalue weighted by molar-refractivity contribution is 0.826. The van der Waals surface area contributed by atoms with E-state index in [2.05, 4.69) is 31.4 Å². The number of aryl methyl sites for hydroxylation is 2. The van der Waals surface area contributed by atoms with Crippen LogP contribution in [0.15, 0.2) is 30.6 Å². The summed E-state index contributed by atoms with van der Waals surface area (Å²) < 4.78 is 3.27. The van der Waals surface area contributed by atoms with Gasteiger partial charge in [-0.1, -0.05) is 23.8 Å². The predicted molar refractivity (Wildman–Crippen MR) is 72.2 cm³/mol. The first-order chi connectivity index (χ1) is 9.72. The van der Waals surface area contributed by atoms with Crippen molar-refractivity contribution in [2.45, 2.75) is 13.8 Å². The molecule has 7 nitrogen and oxygen atoms in total. The Kier molecular flexibility index (Phi) is 2.11. The van der Waals surface area contributed by atoms with E-state index in [1.807, 2.05) is 32.0 Å². The quantitative estimate of drug-likeness (QED) is 0.521. The molecule has 0 radical (unpaired) electrons. The molecule has 0 fully saturated rings. The van der Waals surface area contributed by atoms with Crippen LogP contribution in [0.3, 0.4) is 0 Å². The van der Waals surface area contributed by atoms with E-state index in [1.54, 1.807) is 15.4 Å². The second kappa shape index (κ2) is 3.83. The number of rotatable bonds is 1. The van der Waals surface area contributed by atoms with Gasteiger partial charge in [0, 0.05) is 5.56 Å². The van der Waals surface area contributed by atoms with E-state index in [-0.39, 0.29) is 0 Å². The second-order valence-electron chi connectivity index (χ2n) is 4.70. The lowest BCUT2D eigenvalue weighted by Crippen LogP contribution is -2.02. The third-order valence-electron chi connectivity index (χ3n) is 3.17. The van der Waals surface area contributed by atoms with Gasteiger partial charge in [-0.25, -0.2) is 4.98 Å². The summed E-state index contributed by atoms with van der Waals surface area (Å²) in [6, 6.07) is 8.08. The predicted octanol–water partition coefficient (Wildman–Crippen LogP) is 1.45. The van der Waals surface area contributed by atoms with Crippen LogP contribution in [0.5, 0.6) is 0 Å². The summed E-state index contributed by atoms with van der Waals surface area (Å²) in [5.74, 6) is 1.21. The highest BCUT2D eigenvalue weighted by atomic mass is 15.5. The molecule has 0 atom stereocenters. The molecule has 0 spiro atoms. The maximum atomic E-state index is 4.56. The third kappa shape index (κ3) is 1.49.